The molecule has 2 heterocycles. The van der Waals surface area contributed by atoms with Crippen LogP contribution in [0, 0.1) is 17.6 Å². The van der Waals surface area contributed by atoms with Gasteiger partial charge in [-0.3, -0.25) is 4.79 Å². The van der Waals surface area contributed by atoms with Crippen molar-refractivity contribution in [1.82, 2.24) is 14.9 Å². The molecular formula is C17H17F2N3O. The van der Waals surface area contributed by atoms with E-state index >= 15 is 0 Å². The lowest BCUT2D eigenvalue weighted by Crippen LogP contribution is -2.41. The van der Waals surface area contributed by atoms with Crippen LogP contribution in [0.4, 0.5) is 8.78 Å². The van der Waals surface area contributed by atoms with Crippen LogP contribution in [-0.2, 0) is 17.8 Å². The summed E-state index contributed by atoms with van der Waals surface area (Å²) in [4.78, 5) is 16.6. The number of halogens is 2. The van der Waals surface area contributed by atoms with Gasteiger partial charge in [-0.2, -0.15) is 0 Å². The van der Waals surface area contributed by atoms with E-state index in [1.54, 1.807) is 6.20 Å². The Balaban J connectivity index is 1.40. The van der Waals surface area contributed by atoms with Crippen LogP contribution in [-0.4, -0.2) is 21.5 Å². The molecule has 1 N–H and O–H groups in total. The molecular weight excluding hydrogens is 300 g/mol. The van der Waals surface area contributed by atoms with Gasteiger partial charge >= 0.3 is 0 Å². The predicted molar refractivity (Wildman–Crippen MR) is 79.7 cm³/mol. The molecule has 4 nitrogen and oxygen atoms in total. The molecule has 1 saturated carbocycles. The zero-order valence-electron chi connectivity index (χ0n) is 12.5. The van der Waals surface area contributed by atoms with E-state index in [1.807, 2.05) is 10.8 Å². The molecule has 0 saturated heterocycles. The maximum absolute atomic E-state index is 13.8. The fourth-order valence-corrected chi connectivity index (χ4v) is 3.46. The van der Waals surface area contributed by atoms with E-state index in [2.05, 4.69) is 10.3 Å². The van der Waals surface area contributed by atoms with Gasteiger partial charge in [0.1, 0.15) is 17.5 Å². The molecule has 23 heavy (non-hydrogen) atoms. The number of benzene rings is 1. The standard InChI is InChI=1S/C17H17F2N3O/c18-13-2-1-3-14(19)16(13)11-8-12(11)17(23)21-10-4-5-15-20-6-7-22(15)9-10/h1-3,6-7,10-12H,4-5,8-9H2,(H,21,23)/t10-,11-,12+/m1/s1. The number of aromatic nitrogens is 2. The van der Waals surface area contributed by atoms with E-state index in [0.717, 1.165) is 18.7 Å². The van der Waals surface area contributed by atoms with Crippen molar-refractivity contribution in [2.75, 3.05) is 0 Å². The van der Waals surface area contributed by atoms with Crippen molar-refractivity contribution >= 4 is 5.91 Å². The lowest BCUT2D eigenvalue weighted by molar-refractivity contribution is -0.123. The van der Waals surface area contributed by atoms with E-state index in [1.165, 1.54) is 18.2 Å². The Labute approximate surface area is 132 Å². The summed E-state index contributed by atoms with van der Waals surface area (Å²) in [6.07, 6.45) is 5.84. The molecule has 4 rings (SSSR count). The highest BCUT2D eigenvalue weighted by Crippen LogP contribution is 2.49. The smallest absolute Gasteiger partial charge is 0.224 e. The maximum atomic E-state index is 13.8. The number of hydrogen-bond acceptors (Lipinski definition) is 2. The molecule has 6 heteroatoms. The van der Waals surface area contributed by atoms with Crippen LogP contribution in [0.3, 0.4) is 0 Å². The quantitative estimate of drug-likeness (QED) is 0.945. The van der Waals surface area contributed by atoms with Crippen LogP contribution in [0.25, 0.3) is 0 Å². The van der Waals surface area contributed by atoms with E-state index in [9.17, 15) is 13.6 Å². The highest BCUT2D eigenvalue weighted by molar-refractivity contribution is 5.83. The van der Waals surface area contributed by atoms with Gasteiger partial charge < -0.3 is 9.88 Å². The fourth-order valence-electron chi connectivity index (χ4n) is 3.46. The van der Waals surface area contributed by atoms with Crippen LogP contribution in [0.15, 0.2) is 30.6 Å². The molecule has 0 unspecified atom stereocenters. The third kappa shape index (κ3) is 2.62. The number of carbonyl (C=O) groups is 1. The number of hydrogen-bond donors (Lipinski definition) is 1. The lowest BCUT2D eigenvalue weighted by atomic mass is 10.1. The Morgan fingerprint density at radius 1 is 1.30 bits per heavy atom. The van der Waals surface area contributed by atoms with E-state index in [4.69, 9.17) is 0 Å². The fraction of sp³-hybridized carbons (Fsp3) is 0.412. The minimum Gasteiger partial charge on any atom is -0.351 e. The minimum absolute atomic E-state index is 0.0492. The van der Waals surface area contributed by atoms with Gasteiger partial charge in [-0.25, -0.2) is 13.8 Å². The van der Waals surface area contributed by atoms with Gasteiger partial charge in [0.15, 0.2) is 0 Å². The molecule has 1 aromatic carbocycles. The number of nitrogens with zero attached hydrogens (tertiary/aromatic N) is 2. The summed E-state index contributed by atoms with van der Waals surface area (Å²) in [5, 5.41) is 3.02. The normalized spacial score (nSPS) is 25.7. The monoisotopic (exact) mass is 317 g/mol. The first-order valence-electron chi connectivity index (χ1n) is 7.88. The van der Waals surface area contributed by atoms with Gasteiger partial charge in [-0.1, -0.05) is 6.07 Å². The van der Waals surface area contributed by atoms with E-state index < -0.39 is 11.6 Å². The lowest BCUT2D eigenvalue weighted by Gasteiger charge is -2.24. The molecule has 1 aliphatic heterocycles. The summed E-state index contributed by atoms with van der Waals surface area (Å²) in [5.41, 5.74) is 0.0492. The summed E-state index contributed by atoms with van der Waals surface area (Å²) < 4.78 is 29.6. The number of rotatable bonds is 3. The van der Waals surface area contributed by atoms with Crippen molar-refractivity contribution in [1.29, 1.82) is 0 Å². The van der Waals surface area contributed by atoms with Gasteiger partial charge in [0, 0.05) is 48.8 Å². The number of amides is 1. The van der Waals surface area contributed by atoms with Gasteiger partial charge in [0.05, 0.1) is 0 Å². The molecule has 1 amide bonds. The van der Waals surface area contributed by atoms with Crippen molar-refractivity contribution in [2.45, 2.75) is 37.8 Å². The Kier molecular flexibility index (Phi) is 3.39. The Morgan fingerprint density at radius 2 is 2.09 bits per heavy atom. The molecule has 0 radical (unpaired) electrons. The van der Waals surface area contributed by atoms with Crippen molar-refractivity contribution in [3.05, 3.63) is 53.6 Å². The predicted octanol–water partition coefficient (Wildman–Crippen LogP) is 2.40. The molecule has 1 fully saturated rings. The van der Waals surface area contributed by atoms with Crippen LogP contribution in [0.5, 0.6) is 0 Å². The first-order chi connectivity index (χ1) is 11.1. The van der Waals surface area contributed by atoms with Crippen molar-refractivity contribution in [2.24, 2.45) is 5.92 Å². The number of imidazole rings is 1. The van der Waals surface area contributed by atoms with Crippen LogP contribution in [0.2, 0.25) is 0 Å². The van der Waals surface area contributed by atoms with Gasteiger partial charge in [0.25, 0.3) is 0 Å². The molecule has 0 spiro atoms. The second-order valence-electron chi connectivity index (χ2n) is 6.32. The number of fused-ring (bicyclic) bond motifs is 1. The largest absolute Gasteiger partial charge is 0.351 e. The molecule has 0 bridgehead atoms. The third-order valence-corrected chi connectivity index (χ3v) is 4.78. The summed E-state index contributed by atoms with van der Waals surface area (Å²) in [7, 11) is 0. The maximum Gasteiger partial charge on any atom is 0.224 e. The molecule has 1 aromatic heterocycles. The van der Waals surface area contributed by atoms with Crippen molar-refractivity contribution < 1.29 is 13.6 Å². The minimum atomic E-state index is -0.564. The molecule has 3 atom stereocenters. The average molecular weight is 317 g/mol. The zero-order valence-corrected chi connectivity index (χ0v) is 12.5. The summed E-state index contributed by atoms with van der Waals surface area (Å²) >= 11 is 0. The Bertz CT molecular complexity index is 738. The zero-order chi connectivity index (χ0) is 16.0. The second kappa shape index (κ2) is 5.44. The van der Waals surface area contributed by atoms with Gasteiger partial charge in [0.2, 0.25) is 5.91 Å². The molecule has 1 aliphatic carbocycles. The first kappa shape index (κ1) is 14.4. The molecule has 120 valence electrons. The van der Waals surface area contributed by atoms with Crippen LogP contribution in [0.1, 0.15) is 30.1 Å². The van der Waals surface area contributed by atoms with E-state index in [0.29, 0.717) is 13.0 Å². The number of aryl methyl sites for hydroxylation is 1. The third-order valence-electron chi connectivity index (χ3n) is 4.78. The van der Waals surface area contributed by atoms with Crippen LogP contribution < -0.4 is 5.32 Å². The number of nitrogens with one attached hydrogen (secondary N) is 1. The highest BCUT2D eigenvalue weighted by Gasteiger charge is 2.47. The molecule has 2 aromatic rings. The van der Waals surface area contributed by atoms with Crippen LogP contribution >= 0.6 is 0 Å². The average Bonchev–Trinajstić information content (AvgIpc) is 3.16. The van der Waals surface area contributed by atoms with E-state index in [-0.39, 0.29) is 29.3 Å². The summed E-state index contributed by atoms with van der Waals surface area (Å²) in [6.45, 7) is 0.701. The second-order valence-corrected chi connectivity index (χ2v) is 6.32. The SMILES string of the molecule is O=C(N[C@@H]1CCc2nccn2C1)[C@H]1C[C@H]1c1c(F)cccc1F. The number of carbonyl (C=O) groups excluding carboxylic acids is 1. The van der Waals surface area contributed by atoms with Gasteiger partial charge in [-0.15, -0.1) is 0 Å². The van der Waals surface area contributed by atoms with Crippen molar-refractivity contribution in [3.8, 4) is 0 Å². The highest BCUT2D eigenvalue weighted by atomic mass is 19.1. The first-order valence-corrected chi connectivity index (χ1v) is 7.88. The topological polar surface area (TPSA) is 46.9 Å². The summed E-state index contributed by atoms with van der Waals surface area (Å²) in [5.74, 6) is -0.870. The molecule has 2 aliphatic rings. The van der Waals surface area contributed by atoms with Gasteiger partial charge in [-0.05, 0) is 25.0 Å². The Hall–Kier alpha value is -2.24. The van der Waals surface area contributed by atoms with Crippen molar-refractivity contribution in [3.63, 3.8) is 0 Å². The Morgan fingerprint density at radius 3 is 2.87 bits per heavy atom. The summed E-state index contributed by atoms with van der Waals surface area (Å²) in [6, 6.07) is 3.88.